The van der Waals surface area contributed by atoms with Crippen molar-refractivity contribution in [1.29, 1.82) is 0 Å². The Kier molecular flexibility index (Phi) is 8.27. The van der Waals surface area contributed by atoms with Gasteiger partial charge in [-0.2, -0.15) is 5.10 Å². The number of rotatable bonds is 6. The summed E-state index contributed by atoms with van der Waals surface area (Å²) in [4.78, 5) is 1.52. The molecule has 160 valence electrons. The molecular formula is C22H35N4O2S+. The number of nitrogens with zero attached hydrogens (tertiary/aromatic N) is 1. The smallest absolute Gasteiger partial charge is 0.187 e. The molecule has 1 aliphatic heterocycles. The molecule has 7 heteroatoms. The second-order valence-electron chi connectivity index (χ2n) is 8.22. The molecule has 2 fully saturated rings. The lowest BCUT2D eigenvalue weighted by molar-refractivity contribution is -0.921. The fraction of sp³-hybridized carbons (Fsp3) is 0.636. The number of quaternary nitrogens is 1. The maximum Gasteiger partial charge on any atom is 0.187 e. The third kappa shape index (κ3) is 6.39. The van der Waals surface area contributed by atoms with Crippen LogP contribution in [0.25, 0.3) is 0 Å². The molecule has 1 heterocycles. The molecule has 1 aliphatic carbocycles. The first-order valence-electron chi connectivity index (χ1n) is 10.8. The van der Waals surface area contributed by atoms with Crippen LogP contribution in [0.5, 0.6) is 5.75 Å². The summed E-state index contributed by atoms with van der Waals surface area (Å²) in [5.41, 5.74) is 6.22. The Morgan fingerprint density at radius 2 is 2.03 bits per heavy atom. The summed E-state index contributed by atoms with van der Waals surface area (Å²) >= 11 is 5.47. The normalized spacial score (nSPS) is 23.5. The number of hydrogen-bond donors (Lipinski definition) is 3. The molecule has 3 N–H and O–H groups in total. The van der Waals surface area contributed by atoms with Crippen molar-refractivity contribution in [2.24, 2.45) is 11.0 Å². The molecule has 29 heavy (non-hydrogen) atoms. The topological polar surface area (TPSA) is 59.3 Å². The van der Waals surface area contributed by atoms with Gasteiger partial charge in [0.15, 0.2) is 5.11 Å². The zero-order valence-electron chi connectivity index (χ0n) is 17.9. The third-order valence-corrected chi connectivity index (χ3v) is 6.30. The summed E-state index contributed by atoms with van der Waals surface area (Å²) in [7, 11) is 1.73. The molecule has 0 amide bonds. The average Bonchev–Trinajstić information content (AvgIpc) is 2.74. The number of morpholine rings is 1. The molecule has 1 aromatic rings. The first-order valence-corrected chi connectivity index (χ1v) is 11.2. The first kappa shape index (κ1) is 22.0. The van der Waals surface area contributed by atoms with E-state index in [2.05, 4.69) is 34.9 Å². The Bertz CT molecular complexity index is 719. The van der Waals surface area contributed by atoms with Crippen molar-refractivity contribution in [2.75, 3.05) is 33.4 Å². The molecule has 0 spiro atoms. The van der Waals surface area contributed by atoms with Crippen LogP contribution in [0.1, 0.15) is 50.7 Å². The maximum atomic E-state index is 5.58. The maximum absolute atomic E-state index is 5.58. The van der Waals surface area contributed by atoms with E-state index in [9.17, 15) is 0 Å². The quantitative estimate of drug-likeness (QED) is 0.373. The summed E-state index contributed by atoms with van der Waals surface area (Å²) in [6.07, 6.45) is 5.04. The van der Waals surface area contributed by atoms with Gasteiger partial charge >= 0.3 is 0 Å². The van der Waals surface area contributed by atoms with Gasteiger partial charge in [-0.1, -0.05) is 19.8 Å². The monoisotopic (exact) mass is 419 g/mol. The molecule has 2 atom stereocenters. The van der Waals surface area contributed by atoms with Gasteiger partial charge in [0.1, 0.15) is 25.4 Å². The standard InChI is InChI=1S/C22H34N4O2S/c1-16-6-4-5-7-20(16)23-22(29)25-24-17(2)18-8-9-21(27-3)19(14-18)15-26-10-12-28-13-11-26/h8-9,14,16,20H,4-7,10-13,15H2,1-3H3,(H2,23,25,29)/p+1/b24-17-/t16-,20-/m1/s1. The molecule has 6 nitrogen and oxygen atoms in total. The number of benzene rings is 1. The molecule has 0 bridgehead atoms. The lowest BCUT2D eigenvalue weighted by atomic mass is 9.86. The van der Waals surface area contributed by atoms with Crippen molar-refractivity contribution in [3.8, 4) is 5.75 Å². The highest BCUT2D eigenvalue weighted by atomic mass is 32.1. The van der Waals surface area contributed by atoms with Gasteiger partial charge in [-0.25, -0.2) is 0 Å². The van der Waals surface area contributed by atoms with Gasteiger partial charge in [0.25, 0.3) is 0 Å². The number of nitrogens with one attached hydrogen (secondary N) is 3. The number of ether oxygens (including phenoxy) is 2. The molecule has 1 aromatic carbocycles. The molecule has 1 saturated carbocycles. The zero-order chi connectivity index (χ0) is 20.6. The van der Waals surface area contributed by atoms with Crippen LogP contribution >= 0.6 is 12.2 Å². The van der Waals surface area contributed by atoms with E-state index >= 15 is 0 Å². The lowest BCUT2D eigenvalue weighted by Gasteiger charge is -2.30. The minimum absolute atomic E-state index is 0.448. The number of thiocarbonyl (C=S) groups is 1. The van der Waals surface area contributed by atoms with Crippen molar-refractivity contribution in [3.05, 3.63) is 29.3 Å². The van der Waals surface area contributed by atoms with E-state index in [-0.39, 0.29) is 0 Å². The van der Waals surface area contributed by atoms with Gasteiger partial charge in [-0.15, -0.1) is 0 Å². The second kappa shape index (κ2) is 10.9. The highest BCUT2D eigenvalue weighted by molar-refractivity contribution is 7.80. The van der Waals surface area contributed by atoms with E-state index in [1.165, 1.54) is 36.1 Å². The van der Waals surface area contributed by atoms with Crippen molar-refractivity contribution < 1.29 is 14.4 Å². The molecule has 1 saturated heterocycles. The summed E-state index contributed by atoms with van der Waals surface area (Å²) in [6, 6.07) is 6.71. The Morgan fingerprint density at radius 3 is 2.76 bits per heavy atom. The summed E-state index contributed by atoms with van der Waals surface area (Å²) in [5.74, 6) is 1.58. The fourth-order valence-electron chi connectivity index (χ4n) is 4.18. The molecule has 3 rings (SSSR count). The molecule has 0 radical (unpaired) electrons. The van der Waals surface area contributed by atoms with E-state index in [1.807, 2.05) is 13.0 Å². The molecular weight excluding hydrogens is 384 g/mol. The number of hydrazone groups is 1. The van der Waals surface area contributed by atoms with Gasteiger partial charge in [0, 0.05) is 11.6 Å². The van der Waals surface area contributed by atoms with E-state index in [0.29, 0.717) is 17.1 Å². The van der Waals surface area contributed by atoms with Gasteiger partial charge in [-0.3, -0.25) is 5.43 Å². The Hall–Kier alpha value is -1.70. The molecule has 0 unspecified atom stereocenters. The third-order valence-electron chi connectivity index (χ3n) is 6.09. The van der Waals surface area contributed by atoms with Crippen LogP contribution < -0.4 is 20.4 Å². The average molecular weight is 420 g/mol. The van der Waals surface area contributed by atoms with Crippen LogP contribution in [-0.4, -0.2) is 50.3 Å². The number of methoxy groups -OCH3 is 1. The van der Waals surface area contributed by atoms with E-state index in [0.717, 1.165) is 49.9 Å². The van der Waals surface area contributed by atoms with Crippen molar-refractivity contribution in [3.63, 3.8) is 0 Å². The van der Waals surface area contributed by atoms with E-state index in [4.69, 9.17) is 21.7 Å². The minimum Gasteiger partial charge on any atom is -0.496 e. The van der Waals surface area contributed by atoms with Crippen LogP contribution in [0.2, 0.25) is 0 Å². The first-order chi connectivity index (χ1) is 14.1. The van der Waals surface area contributed by atoms with Crippen LogP contribution in [0.3, 0.4) is 0 Å². The zero-order valence-corrected chi connectivity index (χ0v) is 18.7. The van der Waals surface area contributed by atoms with Crippen LogP contribution in [0.4, 0.5) is 0 Å². The minimum atomic E-state index is 0.448. The largest absolute Gasteiger partial charge is 0.496 e. The summed E-state index contributed by atoms with van der Waals surface area (Å²) in [6.45, 7) is 8.94. The molecule has 2 aliphatic rings. The van der Waals surface area contributed by atoms with Crippen molar-refractivity contribution in [2.45, 2.75) is 52.1 Å². The Morgan fingerprint density at radius 1 is 1.28 bits per heavy atom. The predicted octanol–water partition coefficient (Wildman–Crippen LogP) is 1.88. The van der Waals surface area contributed by atoms with Gasteiger partial charge in [-0.05, 0) is 61.7 Å². The Balaban J connectivity index is 1.62. The predicted molar refractivity (Wildman–Crippen MR) is 121 cm³/mol. The van der Waals surface area contributed by atoms with Crippen LogP contribution in [0.15, 0.2) is 23.3 Å². The highest BCUT2D eigenvalue weighted by Crippen LogP contribution is 2.23. The van der Waals surface area contributed by atoms with Gasteiger partial charge in [0.2, 0.25) is 0 Å². The fourth-order valence-corrected chi connectivity index (χ4v) is 4.38. The Labute approximate surface area is 180 Å². The lowest BCUT2D eigenvalue weighted by Crippen LogP contribution is -3.12. The molecule has 0 aromatic heterocycles. The van der Waals surface area contributed by atoms with Crippen LogP contribution in [0, 0.1) is 5.92 Å². The number of hydrogen-bond acceptors (Lipinski definition) is 4. The van der Waals surface area contributed by atoms with Crippen LogP contribution in [-0.2, 0) is 11.3 Å². The SMILES string of the molecule is COc1ccc(/C(C)=N\NC(=S)N[C@@H]2CCCC[C@H]2C)cc1C[NH+]1CCOCC1. The van der Waals surface area contributed by atoms with Gasteiger partial charge < -0.3 is 19.7 Å². The highest BCUT2D eigenvalue weighted by Gasteiger charge is 2.21. The second-order valence-corrected chi connectivity index (χ2v) is 8.62. The summed E-state index contributed by atoms with van der Waals surface area (Å²) < 4.78 is 11.1. The summed E-state index contributed by atoms with van der Waals surface area (Å²) in [5, 5.41) is 8.57. The van der Waals surface area contributed by atoms with E-state index < -0.39 is 0 Å². The van der Waals surface area contributed by atoms with Crippen molar-refractivity contribution in [1.82, 2.24) is 10.7 Å². The van der Waals surface area contributed by atoms with Gasteiger partial charge in [0.05, 0.1) is 26.0 Å². The van der Waals surface area contributed by atoms with Crippen molar-refractivity contribution >= 4 is 23.0 Å². The van der Waals surface area contributed by atoms with E-state index in [1.54, 1.807) is 7.11 Å².